The summed E-state index contributed by atoms with van der Waals surface area (Å²) in [6.07, 6.45) is 2.62. The lowest BCUT2D eigenvalue weighted by molar-refractivity contribution is -0.141. The number of anilines is 1. The van der Waals surface area contributed by atoms with E-state index in [1.54, 1.807) is 0 Å². The van der Waals surface area contributed by atoms with Gasteiger partial charge in [-0.2, -0.15) is 13.2 Å². The van der Waals surface area contributed by atoms with Gasteiger partial charge < -0.3 is 5.32 Å². The maximum absolute atomic E-state index is 12.5. The van der Waals surface area contributed by atoms with Gasteiger partial charge in [0.2, 0.25) is 5.95 Å². The van der Waals surface area contributed by atoms with Crippen molar-refractivity contribution in [3.8, 4) is 0 Å². The van der Waals surface area contributed by atoms with E-state index in [0.29, 0.717) is 12.5 Å². The molecule has 1 aliphatic rings. The SMILES string of the molecule is CC1CCC(CCNc2nccc(C(F)(F)F)n2)CC1. The van der Waals surface area contributed by atoms with E-state index < -0.39 is 11.9 Å². The van der Waals surface area contributed by atoms with Crippen molar-refractivity contribution in [3.63, 3.8) is 0 Å². The summed E-state index contributed by atoms with van der Waals surface area (Å²) >= 11 is 0. The summed E-state index contributed by atoms with van der Waals surface area (Å²) in [5, 5.41) is 2.89. The summed E-state index contributed by atoms with van der Waals surface area (Å²) in [4.78, 5) is 7.32. The summed E-state index contributed by atoms with van der Waals surface area (Å²) in [5.74, 6) is 1.54. The summed E-state index contributed by atoms with van der Waals surface area (Å²) < 4.78 is 37.5. The molecule has 0 radical (unpaired) electrons. The smallest absolute Gasteiger partial charge is 0.354 e. The van der Waals surface area contributed by atoms with Crippen LogP contribution in [0.15, 0.2) is 12.3 Å². The second-order valence-electron chi connectivity index (χ2n) is 5.60. The first-order valence-corrected chi connectivity index (χ1v) is 7.09. The number of nitrogens with one attached hydrogen (secondary N) is 1. The van der Waals surface area contributed by atoms with Gasteiger partial charge in [0.05, 0.1) is 0 Å². The Morgan fingerprint density at radius 3 is 2.60 bits per heavy atom. The Labute approximate surface area is 117 Å². The van der Waals surface area contributed by atoms with Crippen LogP contribution in [-0.2, 0) is 6.18 Å². The van der Waals surface area contributed by atoms with Gasteiger partial charge in [-0.3, -0.25) is 0 Å². The van der Waals surface area contributed by atoms with Crippen molar-refractivity contribution in [2.45, 2.75) is 45.2 Å². The summed E-state index contributed by atoms with van der Waals surface area (Å²) in [6, 6.07) is 0.883. The number of alkyl halides is 3. The molecule has 1 aromatic rings. The fraction of sp³-hybridized carbons (Fsp3) is 0.714. The Morgan fingerprint density at radius 2 is 1.95 bits per heavy atom. The van der Waals surface area contributed by atoms with Crippen LogP contribution in [0.3, 0.4) is 0 Å². The van der Waals surface area contributed by atoms with Crippen LogP contribution in [0.4, 0.5) is 19.1 Å². The van der Waals surface area contributed by atoms with E-state index in [9.17, 15) is 13.2 Å². The van der Waals surface area contributed by atoms with E-state index >= 15 is 0 Å². The third-order valence-electron chi connectivity index (χ3n) is 3.92. The van der Waals surface area contributed by atoms with Crippen molar-refractivity contribution in [1.82, 2.24) is 9.97 Å². The molecular formula is C14H20F3N3. The molecule has 2 rings (SSSR count). The van der Waals surface area contributed by atoms with E-state index in [2.05, 4.69) is 22.2 Å². The van der Waals surface area contributed by atoms with Crippen LogP contribution in [-0.4, -0.2) is 16.5 Å². The van der Waals surface area contributed by atoms with E-state index in [0.717, 1.165) is 24.6 Å². The fourth-order valence-corrected chi connectivity index (χ4v) is 2.61. The minimum Gasteiger partial charge on any atom is -0.354 e. The van der Waals surface area contributed by atoms with Gasteiger partial charge in [0, 0.05) is 12.7 Å². The van der Waals surface area contributed by atoms with Gasteiger partial charge in [0.1, 0.15) is 5.69 Å². The van der Waals surface area contributed by atoms with Crippen molar-refractivity contribution in [1.29, 1.82) is 0 Å². The van der Waals surface area contributed by atoms with Gasteiger partial charge in [0.15, 0.2) is 0 Å². The van der Waals surface area contributed by atoms with Crippen molar-refractivity contribution >= 4 is 5.95 Å². The molecule has 0 aliphatic heterocycles. The molecule has 0 saturated heterocycles. The normalized spacial score (nSPS) is 23.6. The Bertz CT molecular complexity index is 426. The molecule has 0 bridgehead atoms. The molecule has 0 unspecified atom stereocenters. The zero-order valence-electron chi connectivity index (χ0n) is 11.6. The highest BCUT2D eigenvalue weighted by Gasteiger charge is 2.32. The molecule has 1 saturated carbocycles. The number of hydrogen-bond acceptors (Lipinski definition) is 3. The predicted molar refractivity (Wildman–Crippen MR) is 71.3 cm³/mol. The summed E-state index contributed by atoms with van der Waals surface area (Å²) in [7, 11) is 0. The molecule has 0 atom stereocenters. The van der Waals surface area contributed by atoms with Crippen molar-refractivity contribution in [2.24, 2.45) is 11.8 Å². The van der Waals surface area contributed by atoms with Gasteiger partial charge in [0.25, 0.3) is 0 Å². The zero-order chi connectivity index (χ0) is 14.6. The maximum atomic E-state index is 12.5. The topological polar surface area (TPSA) is 37.8 Å². The lowest BCUT2D eigenvalue weighted by atomic mass is 9.81. The predicted octanol–water partition coefficient (Wildman–Crippen LogP) is 4.12. The van der Waals surface area contributed by atoms with Crippen LogP contribution in [0.5, 0.6) is 0 Å². The van der Waals surface area contributed by atoms with Crippen molar-refractivity contribution in [2.75, 3.05) is 11.9 Å². The first kappa shape index (κ1) is 15.1. The first-order chi connectivity index (χ1) is 9.45. The molecular weight excluding hydrogens is 267 g/mol. The summed E-state index contributed by atoms with van der Waals surface area (Å²) in [5.41, 5.74) is -0.901. The first-order valence-electron chi connectivity index (χ1n) is 7.09. The highest BCUT2D eigenvalue weighted by molar-refractivity contribution is 5.25. The Hall–Kier alpha value is -1.33. The van der Waals surface area contributed by atoms with Crippen LogP contribution >= 0.6 is 0 Å². The highest BCUT2D eigenvalue weighted by Crippen LogP contribution is 2.30. The fourth-order valence-electron chi connectivity index (χ4n) is 2.61. The third-order valence-corrected chi connectivity index (χ3v) is 3.92. The molecule has 1 aliphatic carbocycles. The largest absolute Gasteiger partial charge is 0.433 e. The average Bonchev–Trinajstić information content (AvgIpc) is 2.40. The lowest BCUT2D eigenvalue weighted by Gasteiger charge is -2.26. The van der Waals surface area contributed by atoms with Crippen LogP contribution < -0.4 is 5.32 Å². The molecule has 3 nitrogen and oxygen atoms in total. The molecule has 1 aromatic heterocycles. The van der Waals surface area contributed by atoms with Crippen LogP contribution in [0.2, 0.25) is 0 Å². The molecule has 6 heteroatoms. The second kappa shape index (κ2) is 6.41. The third kappa shape index (κ3) is 4.35. The van der Waals surface area contributed by atoms with E-state index in [-0.39, 0.29) is 5.95 Å². The highest BCUT2D eigenvalue weighted by atomic mass is 19.4. The minimum absolute atomic E-state index is 0.0593. The molecule has 0 spiro atoms. The van der Waals surface area contributed by atoms with Crippen LogP contribution in [0, 0.1) is 11.8 Å². The van der Waals surface area contributed by atoms with Crippen LogP contribution in [0.1, 0.15) is 44.7 Å². The quantitative estimate of drug-likeness (QED) is 0.905. The lowest BCUT2D eigenvalue weighted by Crippen LogP contribution is -2.17. The van der Waals surface area contributed by atoms with Crippen LogP contribution in [0.25, 0.3) is 0 Å². The summed E-state index contributed by atoms with van der Waals surface area (Å²) in [6.45, 7) is 2.89. The molecule has 1 heterocycles. The zero-order valence-corrected chi connectivity index (χ0v) is 11.6. The van der Waals surface area contributed by atoms with Gasteiger partial charge in [-0.1, -0.05) is 32.6 Å². The molecule has 1 N–H and O–H groups in total. The number of rotatable bonds is 4. The molecule has 20 heavy (non-hydrogen) atoms. The van der Waals surface area contributed by atoms with Gasteiger partial charge in [-0.25, -0.2) is 9.97 Å². The Morgan fingerprint density at radius 1 is 1.25 bits per heavy atom. The second-order valence-corrected chi connectivity index (χ2v) is 5.60. The van der Waals surface area contributed by atoms with Gasteiger partial charge in [-0.15, -0.1) is 0 Å². The van der Waals surface area contributed by atoms with E-state index in [1.165, 1.54) is 25.7 Å². The van der Waals surface area contributed by atoms with E-state index in [4.69, 9.17) is 0 Å². The maximum Gasteiger partial charge on any atom is 0.433 e. The Kier molecular flexibility index (Phi) is 4.83. The molecule has 1 fully saturated rings. The number of hydrogen-bond donors (Lipinski definition) is 1. The molecule has 112 valence electrons. The van der Waals surface area contributed by atoms with Gasteiger partial charge in [-0.05, 0) is 24.3 Å². The molecule has 0 aromatic carbocycles. The van der Waals surface area contributed by atoms with Gasteiger partial charge >= 0.3 is 6.18 Å². The minimum atomic E-state index is -4.42. The average molecular weight is 287 g/mol. The van der Waals surface area contributed by atoms with Crippen molar-refractivity contribution < 1.29 is 13.2 Å². The molecule has 0 amide bonds. The number of aromatic nitrogens is 2. The monoisotopic (exact) mass is 287 g/mol. The Balaban J connectivity index is 1.79. The number of nitrogens with zero attached hydrogens (tertiary/aromatic N) is 2. The standard InChI is InChI=1S/C14H20F3N3/c1-10-2-4-11(5-3-10)6-8-18-13-19-9-7-12(20-13)14(15,16)17/h7,9-11H,2-6,8H2,1H3,(H,18,19,20). The number of halogens is 3. The van der Waals surface area contributed by atoms with Crippen molar-refractivity contribution in [3.05, 3.63) is 18.0 Å². The van der Waals surface area contributed by atoms with E-state index in [1.807, 2.05) is 0 Å².